The average Bonchev–Trinajstić information content (AvgIpc) is 2.34. The third-order valence-electron chi connectivity index (χ3n) is 3.12. The van der Waals surface area contributed by atoms with Gasteiger partial charge in [0, 0.05) is 26.4 Å². The molecule has 1 rings (SSSR count). The maximum atomic E-state index is 12.0. The molecule has 1 fully saturated rings. The first kappa shape index (κ1) is 18.0. The Balaban J connectivity index is 2.43. The number of ketones is 1. The van der Waals surface area contributed by atoms with Gasteiger partial charge in [0.05, 0.1) is 5.75 Å². The minimum Gasteiger partial charge on any atom is -0.444 e. The van der Waals surface area contributed by atoms with Crippen LogP contribution in [-0.4, -0.2) is 46.3 Å². The summed E-state index contributed by atoms with van der Waals surface area (Å²) in [6, 6.07) is 0. The van der Waals surface area contributed by atoms with Gasteiger partial charge >= 0.3 is 6.09 Å². The summed E-state index contributed by atoms with van der Waals surface area (Å²) >= 11 is 1.05. The molecule has 1 amide bonds. The highest BCUT2D eigenvalue weighted by Gasteiger charge is 2.28. The van der Waals surface area contributed by atoms with Crippen LogP contribution in [0.4, 0.5) is 4.79 Å². The second-order valence-electron chi connectivity index (χ2n) is 6.46. The van der Waals surface area contributed by atoms with Crippen LogP contribution in [0.1, 0.15) is 47.0 Å². The Morgan fingerprint density at radius 3 is 2.52 bits per heavy atom. The van der Waals surface area contributed by atoms with E-state index in [1.54, 1.807) is 4.90 Å². The third-order valence-corrected chi connectivity index (χ3v) is 4.00. The van der Waals surface area contributed by atoms with E-state index in [4.69, 9.17) is 4.74 Å². The SMILES string of the molecule is CC(=O)SCC(=O)C[C@H]1CCCN(C(=O)OC(C)(C)C)C1. The summed E-state index contributed by atoms with van der Waals surface area (Å²) in [4.78, 5) is 36.4. The predicted molar refractivity (Wildman–Crippen MR) is 83.3 cm³/mol. The summed E-state index contributed by atoms with van der Waals surface area (Å²) in [6.45, 7) is 8.23. The van der Waals surface area contributed by atoms with E-state index in [9.17, 15) is 14.4 Å². The second kappa shape index (κ2) is 7.82. The fraction of sp³-hybridized carbons (Fsp3) is 0.800. The number of nitrogens with zero attached hydrogens (tertiary/aromatic N) is 1. The van der Waals surface area contributed by atoms with E-state index in [-0.39, 0.29) is 28.7 Å². The fourth-order valence-electron chi connectivity index (χ4n) is 2.29. The van der Waals surface area contributed by atoms with E-state index in [1.165, 1.54) is 6.92 Å². The highest BCUT2D eigenvalue weighted by molar-refractivity contribution is 8.14. The minimum absolute atomic E-state index is 0.0395. The van der Waals surface area contributed by atoms with Crippen molar-refractivity contribution in [2.24, 2.45) is 5.92 Å². The molecule has 0 aromatic carbocycles. The van der Waals surface area contributed by atoms with Gasteiger partial charge in [-0.3, -0.25) is 9.59 Å². The van der Waals surface area contributed by atoms with E-state index in [0.29, 0.717) is 19.5 Å². The smallest absolute Gasteiger partial charge is 0.410 e. The first-order valence-corrected chi connectivity index (χ1v) is 8.29. The van der Waals surface area contributed by atoms with Crippen molar-refractivity contribution in [3.8, 4) is 0 Å². The Morgan fingerprint density at radius 1 is 1.29 bits per heavy atom. The molecular formula is C15H25NO4S. The van der Waals surface area contributed by atoms with Crippen molar-refractivity contribution in [2.75, 3.05) is 18.8 Å². The van der Waals surface area contributed by atoms with Crippen LogP contribution in [0.15, 0.2) is 0 Å². The van der Waals surface area contributed by atoms with Gasteiger partial charge in [0.15, 0.2) is 5.12 Å². The van der Waals surface area contributed by atoms with Gasteiger partial charge in [-0.2, -0.15) is 0 Å². The van der Waals surface area contributed by atoms with Gasteiger partial charge in [-0.1, -0.05) is 11.8 Å². The summed E-state index contributed by atoms with van der Waals surface area (Å²) in [5.41, 5.74) is -0.502. The van der Waals surface area contributed by atoms with Crippen molar-refractivity contribution in [3.63, 3.8) is 0 Å². The third kappa shape index (κ3) is 7.50. The molecule has 1 atom stereocenters. The van der Waals surface area contributed by atoms with Crippen molar-refractivity contribution < 1.29 is 19.1 Å². The molecule has 1 heterocycles. The summed E-state index contributed by atoms with van der Waals surface area (Å²) in [6.07, 6.45) is 1.95. The van der Waals surface area contributed by atoms with Gasteiger partial charge in [0.1, 0.15) is 11.4 Å². The Bertz CT molecular complexity index is 403. The molecule has 1 saturated heterocycles. The van der Waals surface area contributed by atoms with Crippen LogP contribution in [0.25, 0.3) is 0 Å². The number of piperidine rings is 1. The number of amides is 1. The van der Waals surface area contributed by atoms with E-state index >= 15 is 0 Å². The van der Waals surface area contributed by atoms with Crippen LogP contribution >= 0.6 is 11.8 Å². The van der Waals surface area contributed by atoms with Crippen molar-refractivity contribution in [3.05, 3.63) is 0 Å². The quantitative estimate of drug-likeness (QED) is 0.798. The molecule has 0 saturated carbocycles. The number of likely N-dealkylation sites (tertiary alicyclic amines) is 1. The van der Waals surface area contributed by atoms with E-state index in [0.717, 1.165) is 24.6 Å². The zero-order valence-corrected chi connectivity index (χ0v) is 14.1. The van der Waals surface area contributed by atoms with Crippen molar-refractivity contribution in [1.29, 1.82) is 0 Å². The van der Waals surface area contributed by atoms with Crippen LogP contribution < -0.4 is 0 Å². The highest BCUT2D eigenvalue weighted by atomic mass is 32.2. The van der Waals surface area contributed by atoms with Gasteiger partial charge in [-0.05, 0) is 39.5 Å². The maximum Gasteiger partial charge on any atom is 0.410 e. The Hall–Kier alpha value is -1.04. The lowest BCUT2D eigenvalue weighted by atomic mass is 9.93. The number of Topliss-reactive ketones (excluding diaryl/α,β-unsaturated/α-hetero) is 1. The van der Waals surface area contributed by atoms with Crippen LogP contribution in [0, 0.1) is 5.92 Å². The average molecular weight is 315 g/mol. The van der Waals surface area contributed by atoms with Crippen molar-refractivity contribution in [2.45, 2.75) is 52.6 Å². The lowest BCUT2D eigenvalue weighted by Crippen LogP contribution is -2.43. The summed E-state index contributed by atoms with van der Waals surface area (Å²) in [5.74, 6) is 0.482. The number of ether oxygens (including phenoxy) is 1. The minimum atomic E-state index is -0.502. The number of hydrogen-bond acceptors (Lipinski definition) is 5. The number of thioether (sulfide) groups is 1. The monoisotopic (exact) mass is 315 g/mol. The van der Waals surface area contributed by atoms with E-state index in [1.807, 2.05) is 20.8 Å². The molecule has 0 aromatic heterocycles. The second-order valence-corrected chi connectivity index (χ2v) is 7.61. The standard InChI is InChI=1S/C15H25NO4S/c1-11(17)21-10-13(18)8-12-6-5-7-16(9-12)14(19)20-15(2,3)4/h12H,5-10H2,1-4H3/t12-/m1/s1. The topological polar surface area (TPSA) is 63.7 Å². The van der Waals surface area contributed by atoms with Crippen LogP contribution in [0.3, 0.4) is 0 Å². The normalized spacial score (nSPS) is 19.2. The molecule has 0 radical (unpaired) electrons. The van der Waals surface area contributed by atoms with Gasteiger partial charge < -0.3 is 9.64 Å². The molecule has 1 aliphatic heterocycles. The largest absolute Gasteiger partial charge is 0.444 e. The van der Waals surface area contributed by atoms with Crippen LogP contribution in [0.5, 0.6) is 0 Å². The lowest BCUT2D eigenvalue weighted by molar-refractivity contribution is -0.118. The van der Waals surface area contributed by atoms with Crippen LogP contribution in [-0.2, 0) is 14.3 Å². The molecule has 0 spiro atoms. The zero-order chi connectivity index (χ0) is 16.0. The molecular weight excluding hydrogens is 290 g/mol. The molecule has 0 bridgehead atoms. The first-order chi connectivity index (χ1) is 9.67. The molecule has 0 aromatic rings. The molecule has 21 heavy (non-hydrogen) atoms. The molecule has 0 N–H and O–H groups in total. The summed E-state index contributed by atoms with van der Waals surface area (Å²) < 4.78 is 5.36. The zero-order valence-electron chi connectivity index (χ0n) is 13.3. The fourth-order valence-corrected chi connectivity index (χ4v) is 2.77. The summed E-state index contributed by atoms with van der Waals surface area (Å²) in [5, 5.41) is -0.0395. The van der Waals surface area contributed by atoms with Gasteiger partial charge in [-0.15, -0.1) is 0 Å². The predicted octanol–water partition coefficient (Wildman–Crippen LogP) is 2.87. The molecule has 6 heteroatoms. The van der Waals surface area contributed by atoms with Gasteiger partial charge in [-0.25, -0.2) is 4.79 Å². The number of carbonyl (C=O) groups excluding carboxylic acids is 3. The summed E-state index contributed by atoms with van der Waals surface area (Å²) in [7, 11) is 0. The van der Waals surface area contributed by atoms with Crippen molar-refractivity contribution in [1.82, 2.24) is 4.90 Å². The Morgan fingerprint density at radius 2 is 1.95 bits per heavy atom. The number of carbonyl (C=O) groups is 3. The van der Waals surface area contributed by atoms with E-state index in [2.05, 4.69) is 0 Å². The molecule has 0 unspecified atom stereocenters. The molecule has 0 aliphatic carbocycles. The maximum absolute atomic E-state index is 12.0. The van der Waals surface area contributed by atoms with Gasteiger partial charge in [0.2, 0.25) is 0 Å². The number of hydrogen-bond donors (Lipinski definition) is 0. The van der Waals surface area contributed by atoms with E-state index < -0.39 is 5.60 Å². The lowest BCUT2D eigenvalue weighted by Gasteiger charge is -2.33. The molecule has 120 valence electrons. The molecule has 1 aliphatic rings. The highest BCUT2D eigenvalue weighted by Crippen LogP contribution is 2.22. The number of rotatable bonds is 4. The molecule has 5 nitrogen and oxygen atoms in total. The Kier molecular flexibility index (Phi) is 6.71. The van der Waals surface area contributed by atoms with Crippen molar-refractivity contribution >= 4 is 28.8 Å². The Labute approximate surface area is 130 Å². The van der Waals surface area contributed by atoms with Gasteiger partial charge in [0.25, 0.3) is 0 Å². The first-order valence-electron chi connectivity index (χ1n) is 7.30. The van der Waals surface area contributed by atoms with Crippen LogP contribution in [0.2, 0.25) is 0 Å².